The van der Waals surface area contributed by atoms with E-state index in [1.54, 1.807) is 0 Å². The molecule has 0 amide bonds. The van der Waals surface area contributed by atoms with Gasteiger partial charge in [-0.2, -0.15) is 18.3 Å². The number of halogens is 3. The van der Waals surface area contributed by atoms with Crippen LogP contribution < -0.4 is 5.14 Å². The number of carboxylic acid groups (broad SMARTS) is 1. The first kappa shape index (κ1) is 21.5. The summed E-state index contributed by atoms with van der Waals surface area (Å²) in [5.74, 6) is -1.50. The molecule has 3 aromatic rings. The molecule has 3 N–H and O–H groups in total. The summed E-state index contributed by atoms with van der Waals surface area (Å²) < 4.78 is 65.5. The molecule has 2 heterocycles. The molecule has 0 aliphatic carbocycles. The third-order valence-electron chi connectivity index (χ3n) is 4.33. The van der Waals surface area contributed by atoms with Crippen molar-refractivity contribution in [2.45, 2.75) is 24.0 Å². The molecule has 0 fully saturated rings. The van der Waals surface area contributed by atoms with Crippen molar-refractivity contribution in [3.8, 4) is 22.4 Å². The van der Waals surface area contributed by atoms with Gasteiger partial charge in [0.2, 0.25) is 10.0 Å². The van der Waals surface area contributed by atoms with Gasteiger partial charge in [-0.15, -0.1) is 0 Å². The number of aliphatic carboxylic acids is 1. The molecule has 2 aromatic heterocycles. The van der Waals surface area contributed by atoms with E-state index in [1.165, 1.54) is 24.5 Å². The Labute approximate surface area is 168 Å². The number of primary sulfonamides is 1. The molecule has 0 spiro atoms. The number of hydrogen-bond donors (Lipinski definition) is 2. The molecule has 0 saturated carbocycles. The van der Waals surface area contributed by atoms with Gasteiger partial charge < -0.3 is 5.11 Å². The summed E-state index contributed by atoms with van der Waals surface area (Å²) in [6.45, 7) is 1.08. The topological polar surface area (TPSA) is 128 Å². The predicted octanol–water partition coefficient (Wildman–Crippen LogP) is 2.92. The number of pyridine rings is 1. The third kappa shape index (κ3) is 4.04. The number of aromatic nitrogens is 3. The van der Waals surface area contributed by atoms with Gasteiger partial charge in [0.05, 0.1) is 4.90 Å². The largest absolute Gasteiger partial charge is 0.480 e. The SMILES string of the molecule is CC(C(=O)O)n1nc(-c2ccncc2)c(-c2ccc(S(N)(=O)=O)cc2)c1C(F)(F)F. The van der Waals surface area contributed by atoms with E-state index in [2.05, 4.69) is 10.1 Å². The fraction of sp³-hybridized carbons (Fsp3) is 0.167. The monoisotopic (exact) mass is 440 g/mol. The first-order chi connectivity index (χ1) is 13.9. The number of nitrogens with two attached hydrogens (primary N) is 1. The van der Waals surface area contributed by atoms with E-state index in [-0.39, 0.29) is 27.3 Å². The van der Waals surface area contributed by atoms with Gasteiger partial charge in [0.1, 0.15) is 11.7 Å². The van der Waals surface area contributed by atoms with E-state index in [0.29, 0.717) is 4.68 Å². The van der Waals surface area contributed by atoms with Crippen LogP contribution in [0.5, 0.6) is 0 Å². The van der Waals surface area contributed by atoms with Crippen LogP contribution in [0.4, 0.5) is 13.2 Å². The predicted molar refractivity (Wildman–Crippen MR) is 99.6 cm³/mol. The Hall–Kier alpha value is -3.25. The van der Waals surface area contributed by atoms with Gasteiger partial charge in [0, 0.05) is 23.5 Å². The number of hydrogen-bond acceptors (Lipinski definition) is 5. The molecular weight excluding hydrogens is 425 g/mol. The van der Waals surface area contributed by atoms with Crippen molar-refractivity contribution in [3.05, 3.63) is 54.5 Å². The quantitative estimate of drug-likeness (QED) is 0.628. The standard InChI is InChI=1S/C18H15F3N4O4S/c1-10(17(26)27)25-16(18(19,20)21)14(15(24-25)12-6-8-23-9-7-12)11-2-4-13(5-3-11)30(22,28)29/h2-10H,1H3,(H,26,27)(H2,22,28,29). The van der Waals surface area contributed by atoms with Crippen molar-refractivity contribution >= 4 is 16.0 Å². The van der Waals surface area contributed by atoms with Gasteiger partial charge in [0.15, 0.2) is 5.69 Å². The number of alkyl halides is 3. The van der Waals surface area contributed by atoms with Crippen LogP contribution >= 0.6 is 0 Å². The van der Waals surface area contributed by atoms with Crippen LogP contribution in [0.1, 0.15) is 18.7 Å². The van der Waals surface area contributed by atoms with E-state index in [1.807, 2.05) is 0 Å². The van der Waals surface area contributed by atoms with Crippen molar-refractivity contribution < 1.29 is 31.5 Å². The van der Waals surface area contributed by atoms with Gasteiger partial charge in [0.25, 0.3) is 0 Å². The number of carbonyl (C=O) groups is 1. The normalized spacial score (nSPS) is 13.2. The molecule has 1 unspecified atom stereocenters. The van der Waals surface area contributed by atoms with Crippen molar-refractivity contribution in [2.24, 2.45) is 5.14 Å². The molecule has 8 nitrogen and oxygen atoms in total. The van der Waals surface area contributed by atoms with Crippen molar-refractivity contribution in [2.75, 3.05) is 0 Å². The molecule has 12 heteroatoms. The number of sulfonamides is 1. The molecule has 0 aliphatic heterocycles. The Morgan fingerprint density at radius 1 is 1.10 bits per heavy atom. The second-order valence-electron chi connectivity index (χ2n) is 6.33. The maximum atomic E-state index is 14.0. The van der Waals surface area contributed by atoms with E-state index >= 15 is 0 Å². The minimum absolute atomic E-state index is 0.00891. The zero-order valence-corrected chi connectivity index (χ0v) is 16.1. The van der Waals surface area contributed by atoms with Gasteiger partial charge in [-0.3, -0.25) is 4.98 Å². The number of rotatable bonds is 5. The number of nitrogens with zero attached hydrogens (tertiary/aromatic N) is 3. The Kier molecular flexibility index (Phi) is 5.39. The summed E-state index contributed by atoms with van der Waals surface area (Å²) in [5, 5.41) is 18.3. The lowest BCUT2D eigenvalue weighted by Crippen LogP contribution is -2.23. The van der Waals surface area contributed by atoms with Crippen molar-refractivity contribution in [1.82, 2.24) is 14.8 Å². The highest BCUT2D eigenvalue weighted by molar-refractivity contribution is 7.89. The Morgan fingerprint density at radius 3 is 2.13 bits per heavy atom. The van der Waals surface area contributed by atoms with E-state index in [4.69, 9.17) is 5.14 Å². The molecule has 158 valence electrons. The van der Waals surface area contributed by atoms with E-state index in [0.717, 1.165) is 31.2 Å². The highest BCUT2D eigenvalue weighted by atomic mass is 32.2. The lowest BCUT2D eigenvalue weighted by molar-refractivity contribution is -0.148. The van der Waals surface area contributed by atoms with Crippen molar-refractivity contribution in [1.29, 1.82) is 0 Å². The number of carboxylic acids is 1. The van der Waals surface area contributed by atoms with Crippen LogP contribution in [-0.2, 0) is 21.0 Å². The Bertz CT molecular complexity index is 1190. The lowest BCUT2D eigenvalue weighted by Gasteiger charge is -2.15. The first-order valence-electron chi connectivity index (χ1n) is 8.37. The highest BCUT2D eigenvalue weighted by Crippen LogP contribution is 2.43. The minimum atomic E-state index is -4.95. The summed E-state index contributed by atoms with van der Waals surface area (Å²) in [6.07, 6.45) is -2.23. The highest BCUT2D eigenvalue weighted by Gasteiger charge is 2.42. The van der Waals surface area contributed by atoms with Crippen LogP contribution in [-0.4, -0.2) is 34.3 Å². The van der Waals surface area contributed by atoms with Crippen LogP contribution in [0.25, 0.3) is 22.4 Å². The smallest absolute Gasteiger partial charge is 0.433 e. The molecule has 1 aromatic carbocycles. The molecule has 3 rings (SSSR count). The van der Waals surface area contributed by atoms with Gasteiger partial charge in [-0.25, -0.2) is 23.0 Å². The molecule has 0 radical (unpaired) electrons. The molecular formula is C18H15F3N4O4S. The summed E-state index contributed by atoms with van der Waals surface area (Å²) in [6, 6.07) is 5.71. The number of benzene rings is 1. The molecule has 30 heavy (non-hydrogen) atoms. The molecule has 0 bridgehead atoms. The second kappa shape index (κ2) is 7.54. The second-order valence-corrected chi connectivity index (χ2v) is 7.90. The fourth-order valence-electron chi connectivity index (χ4n) is 2.89. The van der Waals surface area contributed by atoms with Crippen LogP contribution in [0, 0.1) is 0 Å². The summed E-state index contributed by atoms with van der Waals surface area (Å²) in [5.41, 5.74) is -1.51. The van der Waals surface area contributed by atoms with Crippen LogP contribution in [0.15, 0.2) is 53.7 Å². The molecule has 0 aliphatic rings. The maximum Gasteiger partial charge on any atom is 0.433 e. The lowest BCUT2D eigenvalue weighted by atomic mass is 9.99. The molecule has 0 saturated heterocycles. The van der Waals surface area contributed by atoms with E-state index in [9.17, 15) is 31.5 Å². The van der Waals surface area contributed by atoms with Crippen LogP contribution in [0.2, 0.25) is 0 Å². The minimum Gasteiger partial charge on any atom is -0.480 e. The fourth-order valence-corrected chi connectivity index (χ4v) is 3.40. The van der Waals surface area contributed by atoms with Gasteiger partial charge in [-0.05, 0) is 36.8 Å². The summed E-state index contributed by atoms with van der Waals surface area (Å²) in [4.78, 5) is 14.9. The average Bonchev–Trinajstić information content (AvgIpc) is 3.08. The Balaban J connectivity index is 2.37. The van der Waals surface area contributed by atoms with Crippen molar-refractivity contribution in [3.63, 3.8) is 0 Å². The first-order valence-corrected chi connectivity index (χ1v) is 9.92. The molecule has 1 atom stereocenters. The third-order valence-corrected chi connectivity index (χ3v) is 5.26. The van der Waals surface area contributed by atoms with E-state index < -0.39 is 33.9 Å². The Morgan fingerprint density at radius 2 is 1.67 bits per heavy atom. The van der Waals surface area contributed by atoms with Gasteiger partial charge >= 0.3 is 12.1 Å². The zero-order chi connectivity index (χ0) is 22.3. The maximum absolute atomic E-state index is 14.0. The van der Waals surface area contributed by atoms with Gasteiger partial charge in [-0.1, -0.05) is 12.1 Å². The summed E-state index contributed by atoms with van der Waals surface area (Å²) in [7, 11) is -4.05. The zero-order valence-electron chi connectivity index (χ0n) is 15.3. The average molecular weight is 440 g/mol. The van der Waals surface area contributed by atoms with Crippen LogP contribution in [0.3, 0.4) is 0 Å². The summed E-state index contributed by atoms with van der Waals surface area (Å²) >= 11 is 0.